The minimum Gasteiger partial charge on any atom is -0.376 e. The predicted octanol–water partition coefficient (Wildman–Crippen LogP) is 3.06. The van der Waals surface area contributed by atoms with Crippen LogP contribution in [0.4, 0.5) is 0 Å². The Bertz CT molecular complexity index is 455. The van der Waals surface area contributed by atoms with E-state index in [0.29, 0.717) is 24.7 Å². The minimum absolute atomic E-state index is 0.299. The van der Waals surface area contributed by atoms with Gasteiger partial charge in [0.2, 0.25) is 0 Å². The molecule has 116 valence electrons. The van der Waals surface area contributed by atoms with E-state index in [1.54, 1.807) is 0 Å². The van der Waals surface area contributed by atoms with Gasteiger partial charge < -0.3 is 10.5 Å². The van der Waals surface area contributed by atoms with E-state index in [-0.39, 0.29) is 0 Å². The summed E-state index contributed by atoms with van der Waals surface area (Å²) < 4.78 is 5.82. The molecule has 2 fully saturated rings. The van der Waals surface area contributed by atoms with Gasteiger partial charge in [-0.05, 0) is 43.2 Å². The fraction of sp³-hybridized carbons (Fsp3) is 0.667. The molecular weight excluding hydrogens is 260 g/mol. The van der Waals surface area contributed by atoms with E-state index in [2.05, 4.69) is 43.0 Å². The number of rotatable bonds is 5. The Hall–Kier alpha value is -0.900. The van der Waals surface area contributed by atoms with Crippen molar-refractivity contribution in [1.29, 1.82) is 0 Å². The van der Waals surface area contributed by atoms with Gasteiger partial charge in [0.1, 0.15) is 0 Å². The third-order valence-electron chi connectivity index (χ3n) is 4.97. The molecule has 1 saturated carbocycles. The molecule has 2 aliphatic rings. The van der Waals surface area contributed by atoms with Gasteiger partial charge in [-0.15, -0.1) is 0 Å². The first-order valence-electron chi connectivity index (χ1n) is 8.40. The SMILES string of the molecule is CCC1COC(C)CN1C(CN)c1ccc(C2CC2)cc1. The maximum Gasteiger partial charge on any atom is 0.0675 e. The Balaban J connectivity index is 1.78. The molecule has 1 heterocycles. The van der Waals surface area contributed by atoms with E-state index in [1.807, 2.05) is 0 Å². The molecule has 3 atom stereocenters. The number of nitrogens with zero attached hydrogens (tertiary/aromatic N) is 1. The Morgan fingerprint density at radius 1 is 1.29 bits per heavy atom. The van der Waals surface area contributed by atoms with Crippen molar-refractivity contribution in [2.24, 2.45) is 5.73 Å². The van der Waals surface area contributed by atoms with Crippen LogP contribution in [-0.2, 0) is 4.74 Å². The van der Waals surface area contributed by atoms with E-state index in [0.717, 1.165) is 25.5 Å². The van der Waals surface area contributed by atoms with Crippen molar-refractivity contribution in [2.45, 2.75) is 57.2 Å². The van der Waals surface area contributed by atoms with Crippen LogP contribution in [-0.4, -0.2) is 36.7 Å². The Labute approximate surface area is 128 Å². The first kappa shape index (κ1) is 15.0. The molecule has 21 heavy (non-hydrogen) atoms. The highest BCUT2D eigenvalue weighted by molar-refractivity contribution is 5.30. The monoisotopic (exact) mass is 288 g/mol. The van der Waals surface area contributed by atoms with Crippen molar-refractivity contribution in [3.8, 4) is 0 Å². The van der Waals surface area contributed by atoms with Gasteiger partial charge in [0, 0.05) is 25.2 Å². The molecule has 1 aromatic carbocycles. The van der Waals surface area contributed by atoms with Gasteiger partial charge in [-0.1, -0.05) is 31.2 Å². The van der Waals surface area contributed by atoms with Crippen molar-refractivity contribution in [3.63, 3.8) is 0 Å². The van der Waals surface area contributed by atoms with Crippen LogP contribution >= 0.6 is 0 Å². The molecule has 2 N–H and O–H groups in total. The average molecular weight is 288 g/mol. The second kappa shape index (κ2) is 6.47. The smallest absolute Gasteiger partial charge is 0.0675 e. The van der Waals surface area contributed by atoms with Gasteiger partial charge in [-0.3, -0.25) is 4.90 Å². The highest BCUT2D eigenvalue weighted by Gasteiger charge is 2.31. The topological polar surface area (TPSA) is 38.5 Å². The van der Waals surface area contributed by atoms with E-state index in [1.165, 1.54) is 24.0 Å². The van der Waals surface area contributed by atoms with E-state index < -0.39 is 0 Å². The third kappa shape index (κ3) is 3.31. The van der Waals surface area contributed by atoms with Gasteiger partial charge in [0.25, 0.3) is 0 Å². The third-order valence-corrected chi connectivity index (χ3v) is 4.97. The van der Waals surface area contributed by atoms with Crippen LogP contribution in [0.2, 0.25) is 0 Å². The highest BCUT2D eigenvalue weighted by atomic mass is 16.5. The van der Waals surface area contributed by atoms with Gasteiger partial charge >= 0.3 is 0 Å². The predicted molar refractivity (Wildman–Crippen MR) is 86.4 cm³/mol. The molecule has 1 aliphatic heterocycles. The Kier molecular flexibility index (Phi) is 4.63. The zero-order chi connectivity index (χ0) is 14.8. The van der Waals surface area contributed by atoms with Crippen LogP contribution in [0.5, 0.6) is 0 Å². The molecule has 0 bridgehead atoms. The maximum atomic E-state index is 6.13. The lowest BCUT2D eigenvalue weighted by molar-refractivity contribution is -0.0719. The molecule has 0 spiro atoms. The average Bonchev–Trinajstić information content (AvgIpc) is 3.34. The summed E-state index contributed by atoms with van der Waals surface area (Å²) in [5, 5.41) is 0. The summed E-state index contributed by atoms with van der Waals surface area (Å²) >= 11 is 0. The lowest BCUT2D eigenvalue weighted by Gasteiger charge is -2.43. The molecule has 3 rings (SSSR count). The first-order valence-corrected chi connectivity index (χ1v) is 8.40. The molecule has 3 nitrogen and oxygen atoms in total. The number of hydrogen-bond donors (Lipinski definition) is 1. The molecule has 1 aliphatic carbocycles. The van der Waals surface area contributed by atoms with E-state index in [9.17, 15) is 0 Å². The second-order valence-electron chi connectivity index (χ2n) is 6.60. The van der Waals surface area contributed by atoms with Crippen LogP contribution < -0.4 is 5.73 Å². The summed E-state index contributed by atoms with van der Waals surface area (Å²) in [5.74, 6) is 0.821. The zero-order valence-corrected chi connectivity index (χ0v) is 13.3. The molecule has 3 unspecified atom stereocenters. The molecule has 1 aromatic rings. The largest absolute Gasteiger partial charge is 0.376 e. The summed E-state index contributed by atoms with van der Waals surface area (Å²) in [4.78, 5) is 2.56. The summed E-state index contributed by atoms with van der Waals surface area (Å²) in [6.45, 7) is 6.87. The number of ether oxygens (including phenoxy) is 1. The summed E-state index contributed by atoms with van der Waals surface area (Å²) in [7, 11) is 0. The Morgan fingerprint density at radius 2 is 2.00 bits per heavy atom. The zero-order valence-electron chi connectivity index (χ0n) is 13.3. The molecule has 0 radical (unpaired) electrons. The van der Waals surface area contributed by atoms with E-state index >= 15 is 0 Å². The van der Waals surface area contributed by atoms with Gasteiger partial charge in [0.05, 0.1) is 12.7 Å². The van der Waals surface area contributed by atoms with Crippen LogP contribution in [0, 0.1) is 0 Å². The molecule has 0 aromatic heterocycles. The highest BCUT2D eigenvalue weighted by Crippen LogP contribution is 2.40. The number of benzene rings is 1. The van der Waals surface area contributed by atoms with Crippen molar-refractivity contribution >= 4 is 0 Å². The summed E-state index contributed by atoms with van der Waals surface area (Å²) in [6.07, 6.45) is 4.13. The Morgan fingerprint density at radius 3 is 2.57 bits per heavy atom. The lowest BCUT2D eigenvalue weighted by atomic mass is 9.98. The summed E-state index contributed by atoms with van der Waals surface area (Å²) in [5.41, 5.74) is 8.98. The quantitative estimate of drug-likeness (QED) is 0.905. The molecule has 0 amide bonds. The fourth-order valence-corrected chi connectivity index (χ4v) is 3.47. The maximum absolute atomic E-state index is 6.13. The van der Waals surface area contributed by atoms with Gasteiger partial charge in [0.15, 0.2) is 0 Å². The minimum atomic E-state index is 0.299. The molecular formula is C18H28N2O. The van der Waals surface area contributed by atoms with Crippen LogP contribution in [0.1, 0.15) is 56.2 Å². The summed E-state index contributed by atoms with van der Waals surface area (Å²) in [6, 6.07) is 9.99. The fourth-order valence-electron chi connectivity index (χ4n) is 3.47. The normalized spacial score (nSPS) is 28.5. The number of morpholine rings is 1. The molecule has 1 saturated heterocycles. The lowest BCUT2D eigenvalue weighted by Crippen LogP contribution is -2.51. The van der Waals surface area contributed by atoms with E-state index in [4.69, 9.17) is 10.5 Å². The number of hydrogen-bond acceptors (Lipinski definition) is 3. The van der Waals surface area contributed by atoms with Crippen molar-refractivity contribution in [3.05, 3.63) is 35.4 Å². The van der Waals surface area contributed by atoms with Crippen LogP contribution in [0.25, 0.3) is 0 Å². The van der Waals surface area contributed by atoms with Crippen molar-refractivity contribution in [1.82, 2.24) is 4.90 Å². The number of nitrogens with two attached hydrogens (primary N) is 1. The van der Waals surface area contributed by atoms with Gasteiger partial charge in [-0.2, -0.15) is 0 Å². The van der Waals surface area contributed by atoms with Crippen molar-refractivity contribution < 1.29 is 4.74 Å². The van der Waals surface area contributed by atoms with Crippen molar-refractivity contribution in [2.75, 3.05) is 19.7 Å². The molecule has 3 heteroatoms. The first-order chi connectivity index (χ1) is 10.2. The van der Waals surface area contributed by atoms with Crippen LogP contribution in [0.3, 0.4) is 0 Å². The standard InChI is InChI=1S/C18H28N2O/c1-3-17-12-21-13(2)11-20(17)18(10-19)16-8-6-15(7-9-16)14-4-5-14/h6-9,13-14,17-18H,3-5,10-12,19H2,1-2H3. The van der Waals surface area contributed by atoms with Crippen LogP contribution in [0.15, 0.2) is 24.3 Å². The van der Waals surface area contributed by atoms with Gasteiger partial charge in [-0.25, -0.2) is 0 Å². The second-order valence-corrected chi connectivity index (χ2v) is 6.60.